The van der Waals surface area contributed by atoms with E-state index in [0.29, 0.717) is 28.4 Å². The first-order valence-corrected chi connectivity index (χ1v) is 12.2. The maximum absolute atomic E-state index is 15.0. The number of anilines is 1. The molecule has 0 aliphatic heterocycles. The molecule has 0 bridgehead atoms. The molecule has 1 aliphatic rings. The molecule has 1 aliphatic carbocycles. The molecule has 1 aromatic carbocycles. The maximum atomic E-state index is 15.0. The van der Waals surface area contributed by atoms with Crippen molar-refractivity contribution < 1.29 is 16.9 Å². The molecular formula is C27H40FN5O3. The van der Waals surface area contributed by atoms with E-state index in [-0.39, 0.29) is 38.6 Å². The number of amides is 1. The van der Waals surface area contributed by atoms with Crippen LogP contribution in [0.4, 0.5) is 10.1 Å². The normalized spacial score (nSPS) is 19.3. The van der Waals surface area contributed by atoms with Crippen LogP contribution >= 0.6 is 0 Å². The van der Waals surface area contributed by atoms with E-state index in [1.165, 1.54) is 29.0 Å². The molecule has 1 atom stereocenters. The number of rotatable bonds is 9. The number of nitrogens with zero attached hydrogens (tertiary/aromatic N) is 2. The first-order valence-electron chi connectivity index (χ1n) is 12.2. The number of benzene rings is 1. The van der Waals surface area contributed by atoms with Crippen molar-refractivity contribution in [2.24, 2.45) is 29.6 Å². The Kier molecular flexibility index (Phi) is 9.41. The van der Waals surface area contributed by atoms with E-state index in [9.17, 15) is 14.0 Å². The van der Waals surface area contributed by atoms with Gasteiger partial charge in [-0.05, 0) is 68.1 Å². The molecule has 36 heavy (non-hydrogen) atoms. The van der Waals surface area contributed by atoms with E-state index in [1.54, 1.807) is 39.2 Å². The van der Waals surface area contributed by atoms with Crippen LogP contribution < -0.4 is 22.1 Å². The average Bonchev–Trinajstić information content (AvgIpc) is 2.86. The zero-order valence-electron chi connectivity index (χ0n) is 21.4. The van der Waals surface area contributed by atoms with E-state index < -0.39 is 5.82 Å². The molecule has 2 aromatic rings. The summed E-state index contributed by atoms with van der Waals surface area (Å²) in [5, 5.41) is 3.04. The molecule has 0 radical (unpaired) electrons. The molecule has 1 amide bonds. The summed E-state index contributed by atoms with van der Waals surface area (Å²) >= 11 is 0. The van der Waals surface area contributed by atoms with E-state index in [0.717, 1.165) is 25.7 Å². The number of carbonyl (C=O) groups excluding carboxylic acids is 1. The third kappa shape index (κ3) is 6.60. The lowest BCUT2D eigenvalue weighted by Gasteiger charge is -2.33. The number of nitrogens with one attached hydrogen (secondary N) is 2. The zero-order chi connectivity index (χ0) is 26.2. The van der Waals surface area contributed by atoms with Gasteiger partial charge in [-0.25, -0.2) is 4.39 Å². The highest BCUT2D eigenvalue weighted by molar-refractivity contribution is 6.43. The summed E-state index contributed by atoms with van der Waals surface area (Å²) < 4.78 is 16.5. The molecule has 1 saturated carbocycles. The van der Waals surface area contributed by atoms with E-state index in [4.69, 9.17) is 10.6 Å². The SMILES string of the molecule is CN=C(/C=C\N)C(=O)N[C@H](CONc1ccc(-c2ccc(=O)n(C)c2C)c(F)c1)C1CCC(C)CC1.[HH].[HH]. The monoisotopic (exact) mass is 501 g/mol. The van der Waals surface area contributed by atoms with Crippen LogP contribution in [-0.4, -0.2) is 35.9 Å². The standard InChI is InChI=1S/C27H36FN5O3.2H2/c1-17-5-7-19(8-6-17)25(31-27(35)24(30-3)13-14-29)16-36-32-20-9-10-22(23(28)15-20)21-11-12-26(34)33(4)18(21)2;;/h9-15,17,19,25,32H,5-8,16,29H2,1-4H3,(H,31,35);2*1H/b14-13-,30-24?;;/t17?,19?,25-;;/m1../s1. The number of pyridine rings is 1. The van der Waals surface area contributed by atoms with Gasteiger partial charge in [-0.1, -0.05) is 19.8 Å². The van der Waals surface area contributed by atoms with E-state index in [1.807, 2.05) is 0 Å². The summed E-state index contributed by atoms with van der Waals surface area (Å²) in [5.74, 6) is 0.184. The van der Waals surface area contributed by atoms with Crippen LogP contribution in [0.15, 0.2) is 52.4 Å². The van der Waals surface area contributed by atoms with Gasteiger partial charge in [0.05, 0.1) is 18.3 Å². The molecule has 1 aromatic heterocycles. The van der Waals surface area contributed by atoms with Crippen molar-refractivity contribution >= 4 is 17.3 Å². The third-order valence-electron chi connectivity index (χ3n) is 7.00. The van der Waals surface area contributed by atoms with Crippen molar-refractivity contribution in [1.82, 2.24) is 9.88 Å². The fourth-order valence-corrected chi connectivity index (χ4v) is 4.60. The van der Waals surface area contributed by atoms with E-state index in [2.05, 4.69) is 22.7 Å². The van der Waals surface area contributed by atoms with Crippen LogP contribution in [0.25, 0.3) is 11.1 Å². The fourth-order valence-electron chi connectivity index (χ4n) is 4.60. The molecule has 0 unspecified atom stereocenters. The van der Waals surface area contributed by atoms with Crippen LogP contribution in [0, 0.1) is 24.6 Å². The number of hydrogen-bond donors (Lipinski definition) is 3. The molecule has 0 saturated heterocycles. The first-order chi connectivity index (χ1) is 17.2. The minimum Gasteiger partial charge on any atom is -0.405 e. The Morgan fingerprint density at radius 1 is 1.28 bits per heavy atom. The summed E-state index contributed by atoms with van der Waals surface area (Å²) in [5.41, 5.74) is 10.5. The lowest BCUT2D eigenvalue weighted by atomic mass is 9.79. The molecule has 4 N–H and O–H groups in total. The van der Waals surface area contributed by atoms with Crippen molar-refractivity contribution in [2.45, 2.75) is 45.6 Å². The minimum absolute atomic E-state index is 0. The number of aromatic nitrogens is 1. The van der Waals surface area contributed by atoms with Crippen molar-refractivity contribution in [3.63, 3.8) is 0 Å². The molecule has 8 nitrogen and oxygen atoms in total. The highest BCUT2D eigenvalue weighted by atomic mass is 19.1. The Balaban J connectivity index is 0.00000361. The molecule has 198 valence electrons. The Labute approximate surface area is 214 Å². The maximum Gasteiger partial charge on any atom is 0.269 e. The molecule has 1 fully saturated rings. The number of nitrogens with two attached hydrogens (primary N) is 1. The Hall–Kier alpha value is -3.46. The summed E-state index contributed by atoms with van der Waals surface area (Å²) in [6.07, 6.45) is 6.92. The Morgan fingerprint density at radius 3 is 2.61 bits per heavy atom. The number of hydrogen-bond acceptors (Lipinski definition) is 6. The van der Waals surface area contributed by atoms with Gasteiger partial charge in [-0.2, -0.15) is 0 Å². The Bertz CT molecular complexity index is 1190. The van der Waals surface area contributed by atoms with Gasteiger partial charge in [-0.3, -0.25) is 24.9 Å². The second kappa shape index (κ2) is 12.5. The predicted molar refractivity (Wildman–Crippen MR) is 145 cm³/mol. The summed E-state index contributed by atoms with van der Waals surface area (Å²) in [6.45, 7) is 4.23. The van der Waals surface area contributed by atoms with Crippen LogP contribution in [0.2, 0.25) is 0 Å². The number of halogens is 1. The van der Waals surface area contributed by atoms with Crippen molar-refractivity contribution in [1.29, 1.82) is 0 Å². The highest BCUT2D eigenvalue weighted by Crippen LogP contribution is 2.31. The lowest BCUT2D eigenvalue weighted by molar-refractivity contribution is -0.116. The van der Waals surface area contributed by atoms with Crippen LogP contribution in [-0.2, 0) is 16.7 Å². The average molecular weight is 502 g/mol. The molecular weight excluding hydrogens is 461 g/mol. The second-order valence-corrected chi connectivity index (χ2v) is 9.41. The second-order valence-electron chi connectivity index (χ2n) is 9.41. The van der Waals surface area contributed by atoms with E-state index >= 15 is 0 Å². The van der Waals surface area contributed by atoms with Crippen molar-refractivity contribution in [3.05, 3.63) is 64.5 Å². The smallest absolute Gasteiger partial charge is 0.269 e. The van der Waals surface area contributed by atoms with Crippen LogP contribution in [0.1, 0.15) is 41.2 Å². The molecule has 9 heteroatoms. The topological polar surface area (TPSA) is 111 Å². The van der Waals surface area contributed by atoms with Gasteiger partial charge in [-0.15, -0.1) is 0 Å². The number of carbonyl (C=O) groups is 1. The highest BCUT2D eigenvalue weighted by Gasteiger charge is 2.28. The molecule has 1 heterocycles. The van der Waals surface area contributed by atoms with Gasteiger partial charge in [0, 0.05) is 39.8 Å². The minimum atomic E-state index is -0.436. The van der Waals surface area contributed by atoms with Gasteiger partial charge in [0.2, 0.25) is 5.56 Å². The molecule has 3 rings (SSSR count). The van der Waals surface area contributed by atoms with Gasteiger partial charge < -0.3 is 15.6 Å². The Morgan fingerprint density at radius 2 is 1.97 bits per heavy atom. The lowest BCUT2D eigenvalue weighted by Crippen LogP contribution is -2.47. The van der Waals surface area contributed by atoms with Crippen LogP contribution in [0.3, 0.4) is 0 Å². The van der Waals surface area contributed by atoms with Gasteiger partial charge in [0.15, 0.2) is 0 Å². The predicted octanol–water partition coefficient (Wildman–Crippen LogP) is 4.19. The van der Waals surface area contributed by atoms with Crippen molar-refractivity contribution in [3.8, 4) is 11.1 Å². The third-order valence-corrected chi connectivity index (χ3v) is 7.00. The fraction of sp³-hybridized carbons (Fsp3) is 0.444. The van der Waals surface area contributed by atoms with Gasteiger partial charge in [0.25, 0.3) is 5.91 Å². The first kappa shape index (κ1) is 27.1. The number of aliphatic imine (C=N–C) groups is 1. The molecule has 0 spiro atoms. The van der Waals surface area contributed by atoms with Crippen LogP contribution in [0.5, 0.6) is 0 Å². The summed E-state index contributed by atoms with van der Waals surface area (Å²) in [7, 11) is 3.20. The summed E-state index contributed by atoms with van der Waals surface area (Å²) in [4.78, 5) is 34.3. The summed E-state index contributed by atoms with van der Waals surface area (Å²) in [6, 6.07) is 7.54. The van der Waals surface area contributed by atoms with Gasteiger partial charge in [0.1, 0.15) is 11.5 Å². The van der Waals surface area contributed by atoms with Crippen molar-refractivity contribution in [2.75, 3.05) is 19.1 Å². The largest absolute Gasteiger partial charge is 0.405 e. The van der Waals surface area contributed by atoms with Gasteiger partial charge >= 0.3 is 0 Å². The quantitative estimate of drug-likeness (QED) is 0.352. The zero-order valence-corrected chi connectivity index (χ0v) is 21.4.